The molecule has 0 saturated heterocycles. The molecule has 0 radical (unpaired) electrons. The Balaban J connectivity index is 2.07. The molecule has 0 spiro atoms. The summed E-state index contributed by atoms with van der Waals surface area (Å²) in [7, 11) is 0. The Labute approximate surface area is 120 Å². The van der Waals surface area contributed by atoms with E-state index in [1.54, 1.807) is 36.5 Å². The first-order valence-corrected chi connectivity index (χ1v) is 6.27. The summed E-state index contributed by atoms with van der Waals surface area (Å²) >= 11 is 0. The number of anilines is 1. The van der Waals surface area contributed by atoms with E-state index in [1.807, 2.05) is 6.07 Å². The van der Waals surface area contributed by atoms with E-state index in [-0.39, 0.29) is 5.56 Å². The minimum atomic E-state index is -0.164. The largest absolute Gasteiger partial charge is 0.399 e. The van der Waals surface area contributed by atoms with E-state index in [0.717, 1.165) is 5.56 Å². The second-order valence-electron chi connectivity index (χ2n) is 4.62. The lowest BCUT2D eigenvalue weighted by molar-refractivity contribution is 0.747. The minimum absolute atomic E-state index is 0.164. The Morgan fingerprint density at radius 2 is 2.10 bits per heavy atom. The van der Waals surface area contributed by atoms with E-state index in [9.17, 15) is 4.79 Å². The number of fused-ring (bicyclic) bond motifs is 1. The quantitative estimate of drug-likeness (QED) is 0.712. The van der Waals surface area contributed by atoms with Gasteiger partial charge in [0.1, 0.15) is 11.8 Å². The molecule has 0 bridgehead atoms. The predicted octanol–water partition coefficient (Wildman–Crippen LogP) is 1.29. The van der Waals surface area contributed by atoms with Crippen LogP contribution in [0.4, 0.5) is 5.69 Å². The number of nitrogens with two attached hydrogens (primary N) is 1. The number of rotatable bonds is 2. The fourth-order valence-corrected chi connectivity index (χ4v) is 2.12. The van der Waals surface area contributed by atoms with Crippen LogP contribution in [0.5, 0.6) is 0 Å². The molecular weight excluding hydrogens is 266 g/mol. The van der Waals surface area contributed by atoms with E-state index in [4.69, 9.17) is 11.0 Å². The van der Waals surface area contributed by atoms with E-state index in [1.165, 1.54) is 10.9 Å². The molecule has 1 aromatic carbocycles. The fourth-order valence-electron chi connectivity index (χ4n) is 2.12. The summed E-state index contributed by atoms with van der Waals surface area (Å²) < 4.78 is 1.48. The number of benzene rings is 1. The number of nitrogen functional groups attached to an aromatic ring is 1. The first-order chi connectivity index (χ1) is 10.2. The Morgan fingerprint density at radius 3 is 2.90 bits per heavy atom. The number of nitrogens with zero attached hydrogens (tertiary/aromatic N) is 4. The van der Waals surface area contributed by atoms with E-state index in [2.05, 4.69) is 9.97 Å². The Bertz CT molecular complexity index is 923. The molecule has 3 rings (SSSR count). The lowest BCUT2D eigenvalue weighted by Crippen LogP contribution is -2.21. The van der Waals surface area contributed by atoms with Crippen molar-refractivity contribution in [2.24, 2.45) is 0 Å². The third-order valence-electron chi connectivity index (χ3n) is 3.14. The maximum absolute atomic E-state index is 12.4. The van der Waals surface area contributed by atoms with E-state index < -0.39 is 0 Å². The lowest BCUT2D eigenvalue weighted by Gasteiger charge is -2.07. The molecule has 3 aromatic rings. The molecule has 0 aliphatic rings. The van der Waals surface area contributed by atoms with Crippen molar-refractivity contribution in [3.05, 3.63) is 64.5 Å². The van der Waals surface area contributed by atoms with Crippen LogP contribution < -0.4 is 11.3 Å². The molecule has 0 saturated carbocycles. The summed E-state index contributed by atoms with van der Waals surface area (Å²) in [6, 6.07) is 10.4. The van der Waals surface area contributed by atoms with Gasteiger partial charge in [0.25, 0.3) is 5.56 Å². The van der Waals surface area contributed by atoms with Gasteiger partial charge in [0.05, 0.1) is 23.8 Å². The summed E-state index contributed by atoms with van der Waals surface area (Å²) in [5.74, 6) is 0. The van der Waals surface area contributed by atoms with Crippen LogP contribution in [0.3, 0.4) is 0 Å². The van der Waals surface area contributed by atoms with Crippen molar-refractivity contribution in [3.8, 4) is 6.07 Å². The second-order valence-corrected chi connectivity index (χ2v) is 4.62. The van der Waals surface area contributed by atoms with Crippen LogP contribution in [0.25, 0.3) is 10.9 Å². The molecular formula is C15H11N5O. The normalized spacial score (nSPS) is 10.4. The van der Waals surface area contributed by atoms with Gasteiger partial charge in [-0.25, -0.2) is 9.97 Å². The minimum Gasteiger partial charge on any atom is -0.399 e. The highest BCUT2D eigenvalue weighted by Gasteiger charge is 2.06. The second kappa shape index (κ2) is 5.06. The van der Waals surface area contributed by atoms with Crippen molar-refractivity contribution >= 4 is 16.6 Å². The molecule has 0 aliphatic heterocycles. The van der Waals surface area contributed by atoms with Crippen LogP contribution in [-0.2, 0) is 6.54 Å². The number of aromatic nitrogens is 3. The van der Waals surface area contributed by atoms with Gasteiger partial charge in [-0.1, -0.05) is 0 Å². The highest BCUT2D eigenvalue weighted by atomic mass is 16.1. The zero-order valence-corrected chi connectivity index (χ0v) is 11.0. The van der Waals surface area contributed by atoms with Crippen molar-refractivity contribution in [2.75, 3.05) is 5.73 Å². The zero-order chi connectivity index (χ0) is 14.8. The number of pyridine rings is 1. The highest BCUT2D eigenvalue weighted by molar-refractivity contribution is 5.80. The topological polar surface area (TPSA) is 97.6 Å². The monoisotopic (exact) mass is 277 g/mol. The van der Waals surface area contributed by atoms with Crippen molar-refractivity contribution in [1.29, 1.82) is 5.26 Å². The smallest absolute Gasteiger partial charge is 0.261 e. The maximum atomic E-state index is 12.4. The molecule has 2 heterocycles. The summed E-state index contributed by atoms with van der Waals surface area (Å²) in [6.07, 6.45) is 3.04. The number of hydrogen-bond donors (Lipinski definition) is 1. The van der Waals surface area contributed by atoms with Gasteiger partial charge in [-0.2, -0.15) is 5.26 Å². The van der Waals surface area contributed by atoms with Crippen LogP contribution >= 0.6 is 0 Å². The average molecular weight is 277 g/mol. The van der Waals surface area contributed by atoms with Gasteiger partial charge in [0, 0.05) is 11.9 Å². The third-order valence-corrected chi connectivity index (χ3v) is 3.14. The molecule has 102 valence electrons. The Kier molecular flexibility index (Phi) is 3.09. The average Bonchev–Trinajstić information content (AvgIpc) is 2.51. The SMILES string of the molecule is N#Cc1cc(Cn2cnc3ccc(N)cc3c2=O)ccn1. The molecule has 6 heteroatoms. The first kappa shape index (κ1) is 12.8. The maximum Gasteiger partial charge on any atom is 0.261 e. The highest BCUT2D eigenvalue weighted by Crippen LogP contribution is 2.11. The first-order valence-electron chi connectivity index (χ1n) is 6.27. The van der Waals surface area contributed by atoms with Gasteiger partial charge in [-0.3, -0.25) is 9.36 Å². The Hall–Kier alpha value is -3.20. The van der Waals surface area contributed by atoms with Gasteiger partial charge < -0.3 is 5.73 Å². The molecule has 2 N–H and O–H groups in total. The van der Waals surface area contributed by atoms with Gasteiger partial charge in [-0.15, -0.1) is 0 Å². The zero-order valence-electron chi connectivity index (χ0n) is 11.0. The summed E-state index contributed by atoms with van der Waals surface area (Å²) in [4.78, 5) is 20.6. The van der Waals surface area contributed by atoms with Crippen LogP contribution in [-0.4, -0.2) is 14.5 Å². The standard InChI is InChI=1S/C15H11N5O/c16-7-12-5-10(3-4-18-12)8-20-9-19-14-2-1-11(17)6-13(14)15(20)21/h1-6,9H,8,17H2. The van der Waals surface area contributed by atoms with E-state index in [0.29, 0.717) is 28.8 Å². The summed E-state index contributed by atoms with van der Waals surface area (Å²) in [5.41, 5.74) is 7.81. The predicted molar refractivity (Wildman–Crippen MR) is 78.5 cm³/mol. The molecule has 2 aromatic heterocycles. The van der Waals surface area contributed by atoms with Crippen LogP contribution in [0, 0.1) is 11.3 Å². The van der Waals surface area contributed by atoms with Crippen LogP contribution in [0.2, 0.25) is 0 Å². The summed E-state index contributed by atoms with van der Waals surface area (Å²) in [5, 5.41) is 9.33. The number of hydrogen-bond acceptors (Lipinski definition) is 5. The molecule has 0 aliphatic carbocycles. The van der Waals surface area contributed by atoms with Gasteiger partial charge >= 0.3 is 0 Å². The van der Waals surface area contributed by atoms with Crippen molar-refractivity contribution in [3.63, 3.8) is 0 Å². The number of nitriles is 1. The molecule has 21 heavy (non-hydrogen) atoms. The van der Waals surface area contributed by atoms with Crippen LogP contribution in [0.1, 0.15) is 11.3 Å². The van der Waals surface area contributed by atoms with Crippen LogP contribution in [0.15, 0.2) is 47.7 Å². The fraction of sp³-hybridized carbons (Fsp3) is 0.0667. The van der Waals surface area contributed by atoms with Gasteiger partial charge in [-0.05, 0) is 35.9 Å². The molecule has 0 fully saturated rings. The van der Waals surface area contributed by atoms with E-state index >= 15 is 0 Å². The van der Waals surface area contributed by atoms with Gasteiger partial charge in [0.2, 0.25) is 0 Å². The van der Waals surface area contributed by atoms with Crippen molar-refractivity contribution < 1.29 is 0 Å². The van der Waals surface area contributed by atoms with Gasteiger partial charge in [0.15, 0.2) is 0 Å². The van der Waals surface area contributed by atoms with Crippen molar-refractivity contribution in [1.82, 2.24) is 14.5 Å². The molecule has 0 unspecified atom stereocenters. The van der Waals surface area contributed by atoms with Crippen molar-refractivity contribution in [2.45, 2.75) is 6.54 Å². The molecule has 0 amide bonds. The summed E-state index contributed by atoms with van der Waals surface area (Å²) in [6.45, 7) is 0.327. The Morgan fingerprint density at radius 1 is 1.24 bits per heavy atom. The molecule has 6 nitrogen and oxygen atoms in total. The third kappa shape index (κ3) is 2.44. The lowest BCUT2D eigenvalue weighted by atomic mass is 10.2. The molecule has 0 atom stereocenters.